The van der Waals surface area contributed by atoms with Gasteiger partial charge in [-0.1, -0.05) is 52.9 Å². The third kappa shape index (κ3) is 4.33. The van der Waals surface area contributed by atoms with Gasteiger partial charge in [-0.15, -0.1) is 10.2 Å². The van der Waals surface area contributed by atoms with E-state index in [0.717, 1.165) is 10.8 Å². The summed E-state index contributed by atoms with van der Waals surface area (Å²) < 4.78 is 0.855. The minimum atomic E-state index is -0.0237. The Balaban J connectivity index is 1.82. The average Bonchev–Trinajstić information content (AvgIpc) is 2.86. The minimum absolute atomic E-state index is 0.0237. The van der Waals surface area contributed by atoms with Gasteiger partial charge in [0, 0.05) is 6.42 Å². The van der Waals surface area contributed by atoms with E-state index < -0.39 is 0 Å². The smallest absolute Gasteiger partial charge is 0.226 e. The lowest BCUT2D eigenvalue weighted by Gasteiger charge is -2.02. The monoisotopic (exact) mass is 293 g/mol. The van der Waals surface area contributed by atoms with E-state index in [9.17, 15) is 4.79 Å². The zero-order chi connectivity index (χ0) is 13.7. The Bertz CT molecular complexity index is 551. The number of amides is 1. The van der Waals surface area contributed by atoms with Crippen LogP contribution in [0.15, 0.2) is 28.6 Å². The second kappa shape index (κ2) is 6.68. The fourth-order valence-electron chi connectivity index (χ4n) is 1.54. The van der Waals surface area contributed by atoms with Gasteiger partial charge < -0.3 is 5.32 Å². The first kappa shape index (κ1) is 14.0. The molecule has 1 N–H and O–H groups in total. The molecule has 1 aromatic heterocycles. The maximum absolute atomic E-state index is 11.8. The first-order chi connectivity index (χ1) is 9.17. The Hall–Kier alpha value is -1.40. The van der Waals surface area contributed by atoms with Gasteiger partial charge >= 0.3 is 0 Å². The summed E-state index contributed by atoms with van der Waals surface area (Å²) in [6.45, 7) is 2.05. The van der Waals surface area contributed by atoms with Crippen LogP contribution in [0, 0.1) is 6.92 Å². The lowest BCUT2D eigenvalue weighted by Crippen LogP contribution is -2.12. The molecule has 0 saturated heterocycles. The van der Waals surface area contributed by atoms with Gasteiger partial charge in [-0.25, -0.2) is 0 Å². The van der Waals surface area contributed by atoms with Crippen LogP contribution in [0.1, 0.15) is 17.5 Å². The van der Waals surface area contributed by atoms with Crippen LogP contribution >= 0.6 is 23.1 Å². The van der Waals surface area contributed by atoms with Gasteiger partial charge in [0.2, 0.25) is 11.0 Å². The summed E-state index contributed by atoms with van der Waals surface area (Å²) in [6.07, 6.45) is 3.13. The van der Waals surface area contributed by atoms with Gasteiger partial charge in [-0.2, -0.15) is 0 Å². The normalized spacial score (nSPS) is 10.4. The van der Waals surface area contributed by atoms with Gasteiger partial charge in [0.05, 0.1) is 0 Å². The zero-order valence-corrected chi connectivity index (χ0v) is 12.5. The molecule has 0 fully saturated rings. The van der Waals surface area contributed by atoms with Gasteiger partial charge in [0.25, 0.3) is 0 Å². The number of benzene rings is 1. The highest BCUT2D eigenvalue weighted by molar-refractivity contribution is 8.00. The van der Waals surface area contributed by atoms with E-state index in [2.05, 4.69) is 46.7 Å². The summed E-state index contributed by atoms with van der Waals surface area (Å²) in [6, 6.07) is 8.23. The van der Waals surface area contributed by atoms with Crippen LogP contribution in [0.3, 0.4) is 0 Å². The number of aromatic nitrogens is 2. The van der Waals surface area contributed by atoms with Crippen LogP contribution in [-0.2, 0) is 11.2 Å². The number of carbonyl (C=O) groups excluding carboxylic acids is 1. The maximum atomic E-state index is 11.8. The molecule has 0 unspecified atom stereocenters. The van der Waals surface area contributed by atoms with E-state index in [1.54, 1.807) is 0 Å². The lowest BCUT2D eigenvalue weighted by molar-refractivity contribution is -0.116. The molecule has 0 spiro atoms. The minimum Gasteiger partial charge on any atom is -0.300 e. The average molecular weight is 293 g/mol. The molecule has 1 heterocycles. The van der Waals surface area contributed by atoms with Crippen molar-refractivity contribution in [1.82, 2.24) is 10.2 Å². The molecule has 4 nitrogen and oxygen atoms in total. The lowest BCUT2D eigenvalue weighted by atomic mass is 10.1. The van der Waals surface area contributed by atoms with Gasteiger partial charge in [0.15, 0.2) is 4.34 Å². The van der Waals surface area contributed by atoms with E-state index >= 15 is 0 Å². The van der Waals surface area contributed by atoms with E-state index in [0.29, 0.717) is 11.6 Å². The van der Waals surface area contributed by atoms with Crippen molar-refractivity contribution in [2.24, 2.45) is 0 Å². The Morgan fingerprint density at radius 2 is 2.05 bits per heavy atom. The Labute approximate surface area is 120 Å². The van der Waals surface area contributed by atoms with Crippen LogP contribution in [0.4, 0.5) is 5.13 Å². The van der Waals surface area contributed by atoms with E-state index in [1.807, 2.05) is 6.26 Å². The summed E-state index contributed by atoms with van der Waals surface area (Å²) >= 11 is 2.92. The number of aryl methyl sites for hydroxylation is 2. The Morgan fingerprint density at radius 1 is 1.32 bits per heavy atom. The molecular formula is C13H15N3OS2. The van der Waals surface area contributed by atoms with Crippen molar-refractivity contribution in [2.75, 3.05) is 11.6 Å². The molecule has 1 amide bonds. The number of nitrogens with one attached hydrogen (secondary N) is 1. The van der Waals surface area contributed by atoms with E-state index in [1.165, 1.54) is 34.2 Å². The van der Waals surface area contributed by atoms with Gasteiger partial charge in [0.1, 0.15) is 0 Å². The summed E-state index contributed by atoms with van der Waals surface area (Å²) in [5, 5.41) is 11.2. The molecule has 0 aliphatic rings. The molecule has 0 aliphatic carbocycles. The number of nitrogens with zero attached hydrogens (tertiary/aromatic N) is 2. The molecular weight excluding hydrogens is 278 g/mol. The summed E-state index contributed by atoms with van der Waals surface area (Å²) in [4.78, 5) is 11.8. The second-order valence-electron chi connectivity index (χ2n) is 4.11. The Morgan fingerprint density at radius 3 is 2.68 bits per heavy atom. The molecule has 100 valence electrons. The van der Waals surface area contributed by atoms with Crippen LogP contribution < -0.4 is 5.32 Å². The fraction of sp³-hybridized carbons (Fsp3) is 0.308. The van der Waals surface area contributed by atoms with E-state index in [4.69, 9.17) is 0 Å². The molecule has 0 atom stereocenters. The molecule has 2 rings (SSSR count). The molecule has 1 aromatic carbocycles. The molecule has 0 saturated carbocycles. The largest absolute Gasteiger partial charge is 0.300 e. The Kier molecular flexibility index (Phi) is 4.93. The van der Waals surface area contributed by atoms with Crippen molar-refractivity contribution < 1.29 is 4.79 Å². The third-order valence-corrected chi connectivity index (χ3v) is 4.40. The van der Waals surface area contributed by atoms with Gasteiger partial charge in [-0.05, 0) is 25.2 Å². The topological polar surface area (TPSA) is 54.9 Å². The molecule has 0 radical (unpaired) electrons. The molecule has 0 aliphatic heterocycles. The van der Waals surface area contributed by atoms with Crippen molar-refractivity contribution in [3.63, 3.8) is 0 Å². The third-order valence-electron chi connectivity index (χ3n) is 2.59. The summed E-state index contributed by atoms with van der Waals surface area (Å²) in [5.74, 6) is -0.0237. The highest BCUT2D eigenvalue weighted by Crippen LogP contribution is 2.23. The highest BCUT2D eigenvalue weighted by atomic mass is 32.2. The summed E-state index contributed by atoms with van der Waals surface area (Å²) in [7, 11) is 0. The number of anilines is 1. The molecule has 19 heavy (non-hydrogen) atoms. The van der Waals surface area contributed by atoms with Crippen molar-refractivity contribution in [1.29, 1.82) is 0 Å². The maximum Gasteiger partial charge on any atom is 0.226 e. The standard InChI is InChI=1S/C13H15N3OS2/c1-9-3-5-10(6-4-9)7-8-11(17)14-12-15-16-13(18-2)19-12/h3-6H,7-8H2,1-2H3,(H,14,15,17). The summed E-state index contributed by atoms with van der Waals surface area (Å²) in [5.41, 5.74) is 2.40. The quantitative estimate of drug-likeness (QED) is 0.679. The van der Waals surface area contributed by atoms with Gasteiger partial charge in [-0.3, -0.25) is 4.79 Å². The van der Waals surface area contributed by atoms with Crippen LogP contribution in [-0.4, -0.2) is 22.4 Å². The predicted molar refractivity (Wildman–Crippen MR) is 79.8 cm³/mol. The number of hydrogen-bond donors (Lipinski definition) is 1. The highest BCUT2D eigenvalue weighted by Gasteiger charge is 2.07. The first-order valence-electron chi connectivity index (χ1n) is 5.90. The second-order valence-corrected chi connectivity index (χ2v) is 6.14. The fourth-order valence-corrected chi connectivity index (χ4v) is 2.72. The van der Waals surface area contributed by atoms with Crippen molar-refractivity contribution in [2.45, 2.75) is 24.1 Å². The molecule has 0 bridgehead atoms. The first-order valence-corrected chi connectivity index (χ1v) is 7.94. The number of carbonyl (C=O) groups is 1. The SMILES string of the molecule is CSc1nnc(NC(=O)CCc2ccc(C)cc2)s1. The van der Waals surface area contributed by atoms with Crippen molar-refractivity contribution >= 4 is 34.1 Å². The van der Waals surface area contributed by atoms with Crippen LogP contribution in [0.2, 0.25) is 0 Å². The van der Waals surface area contributed by atoms with E-state index in [-0.39, 0.29) is 5.91 Å². The van der Waals surface area contributed by atoms with Crippen LogP contribution in [0.5, 0.6) is 0 Å². The zero-order valence-electron chi connectivity index (χ0n) is 10.8. The van der Waals surface area contributed by atoms with Crippen LogP contribution in [0.25, 0.3) is 0 Å². The number of rotatable bonds is 5. The van der Waals surface area contributed by atoms with Crippen molar-refractivity contribution in [3.8, 4) is 0 Å². The van der Waals surface area contributed by atoms with Crippen molar-refractivity contribution in [3.05, 3.63) is 35.4 Å². The molecule has 2 aromatic rings. The number of hydrogen-bond acceptors (Lipinski definition) is 5. The molecule has 6 heteroatoms. The predicted octanol–water partition coefficient (Wildman–Crippen LogP) is 3.14. The number of thioether (sulfide) groups is 1.